The number of hydrogen-bond donors (Lipinski definition) is 0. The van der Waals surface area contributed by atoms with Gasteiger partial charge in [0.1, 0.15) is 0 Å². The first-order chi connectivity index (χ1) is 15.0. The second kappa shape index (κ2) is 9.05. The van der Waals surface area contributed by atoms with Gasteiger partial charge in [0.15, 0.2) is 23.3 Å². The summed E-state index contributed by atoms with van der Waals surface area (Å²) in [6.07, 6.45) is 8.06. The first-order valence-corrected chi connectivity index (χ1v) is 11.3. The summed E-state index contributed by atoms with van der Waals surface area (Å²) in [6.45, 7) is 4.32. The summed E-state index contributed by atoms with van der Waals surface area (Å²) >= 11 is 0. The lowest BCUT2D eigenvalue weighted by Gasteiger charge is -2.24. The summed E-state index contributed by atoms with van der Waals surface area (Å²) in [5.74, 6) is -3.49. The molecule has 0 spiro atoms. The number of unbranched alkanes of at least 4 members (excludes halogenated alkanes) is 2. The molecule has 166 valence electrons. The third-order valence-corrected chi connectivity index (χ3v) is 6.40. The molecule has 1 heterocycles. The minimum Gasteiger partial charge on any atom is -0.498 e. The van der Waals surface area contributed by atoms with Gasteiger partial charge in [-0.25, -0.2) is 17.6 Å². The third-order valence-electron chi connectivity index (χ3n) is 6.40. The molecule has 2 aromatic carbocycles. The van der Waals surface area contributed by atoms with E-state index >= 15 is 8.78 Å². The standard InChI is InChI=1S/C26H28F4O/c1-3-5-6-8-19-10-9-16(14-31-19)20-13-18-12-17-11-15(7-4-2)23(27)25(29)21(17)22(18)26(30)24(20)28/h10-11,13,16H,3-9,12,14H2,1-2H3. The number of halogens is 4. The fourth-order valence-corrected chi connectivity index (χ4v) is 4.76. The SMILES string of the molecule is CCCCCC1=CCC(c2cc3c(c(F)c2F)-c2c(cc(CCC)c(F)c2F)C3)CO1. The lowest BCUT2D eigenvalue weighted by atomic mass is 9.90. The molecule has 0 fully saturated rings. The highest BCUT2D eigenvalue weighted by Crippen LogP contribution is 2.45. The van der Waals surface area contributed by atoms with Crippen molar-refractivity contribution >= 4 is 0 Å². The maximum absolute atomic E-state index is 15.1. The number of allylic oxidation sites excluding steroid dienone is 2. The zero-order valence-electron chi connectivity index (χ0n) is 18.1. The normalized spacial score (nSPS) is 17.2. The van der Waals surface area contributed by atoms with Crippen molar-refractivity contribution in [1.82, 2.24) is 0 Å². The smallest absolute Gasteiger partial charge is 0.167 e. The Hall–Kier alpha value is -2.30. The number of aryl methyl sites for hydroxylation is 1. The van der Waals surface area contributed by atoms with Crippen LogP contribution in [0.4, 0.5) is 17.6 Å². The summed E-state index contributed by atoms with van der Waals surface area (Å²) in [7, 11) is 0. The molecule has 1 aliphatic carbocycles. The van der Waals surface area contributed by atoms with Crippen LogP contribution in [-0.2, 0) is 17.6 Å². The van der Waals surface area contributed by atoms with Gasteiger partial charge in [0.2, 0.25) is 0 Å². The molecule has 5 heteroatoms. The van der Waals surface area contributed by atoms with E-state index in [9.17, 15) is 8.78 Å². The van der Waals surface area contributed by atoms with Crippen molar-refractivity contribution in [2.24, 2.45) is 0 Å². The number of benzene rings is 2. The van der Waals surface area contributed by atoms with Gasteiger partial charge in [0.25, 0.3) is 0 Å². The summed E-state index contributed by atoms with van der Waals surface area (Å²) in [5.41, 5.74) is 1.30. The van der Waals surface area contributed by atoms with Gasteiger partial charge in [-0.15, -0.1) is 0 Å². The molecular formula is C26H28F4O. The Morgan fingerprint density at radius 3 is 2.19 bits per heavy atom. The van der Waals surface area contributed by atoms with Crippen molar-refractivity contribution in [3.63, 3.8) is 0 Å². The molecule has 0 aromatic heterocycles. The molecule has 0 saturated carbocycles. The second-order valence-electron chi connectivity index (χ2n) is 8.62. The molecule has 2 aliphatic rings. The van der Waals surface area contributed by atoms with Gasteiger partial charge in [0.05, 0.1) is 12.4 Å². The van der Waals surface area contributed by atoms with Crippen LogP contribution in [0.2, 0.25) is 0 Å². The Morgan fingerprint density at radius 2 is 1.55 bits per heavy atom. The Kier molecular flexibility index (Phi) is 6.40. The molecule has 31 heavy (non-hydrogen) atoms. The van der Waals surface area contributed by atoms with Crippen molar-refractivity contribution < 1.29 is 22.3 Å². The molecule has 1 nitrogen and oxygen atoms in total. The molecule has 0 N–H and O–H groups in total. The average molecular weight is 433 g/mol. The molecule has 0 saturated heterocycles. The largest absolute Gasteiger partial charge is 0.498 e. The van der Waals surface area contributed by atoms with Crippen molar-refractivity contribution in [2.75, 3.05) is 6.61 Å². The minimum absolute atomic E-state index is 0.131. The van der Waals surface area contributed by atoms with E-state index in [-0.39, 0.29) is 34.6 Å². The molecule has 2 aromatic rings. The highest BCUT2D eigenvalue weighted by atomic mass is 19.2. The van der Waals surface area contributed by atoms with Crippen molar-refractivity contribution in [3.05, 3.63) is 69.5 Å². The topological polar surface area (TPSA) is 9.23 Å². The van der Waals surface area contributed by atoms with Crippen LogP contribution in [0.3, 0.4) is 0 Å². The van der Waals surface area contributed by atoms with E-state index in [0.717, 1.165) is 31.4 Å². The fourth-order valence-electron chi connectivity index (χ4n) is 4.76. The zero-order chi connectivity index (χ0) is 22.1. The van der Waals surface area contributed by atoms with Gasteiger partial charge in [0, 0.05) is 23.5 Å². The van der Waals surface area contributed by atoms with Crippen LogP contribution in [0, 0.1) is 23.3 Å². The molecule has 4 rings (SSSR count). The Morgan fingerprint density at radius 1 is 0.839 bits per heavy atom. The number of fused-ring (bicyclic) bond motifs is 3. The third kappa shape index (κ3) is 3.99. The van der Waals surface area contributed by atoms with E-state index in [4.69, 9.17) is 4.74 Å². The van der Waals surface area contributed by atoms with Gasteiger partial charge in [-0.2, -0.15) is 0 Å². The average Bonchev–Trinajstić information content (AvgIpc) is 3.14. The molecular weight excluding hydrogens is 404 g/mol. The number of rotatable bonds is 7. The summed E-state index contributed by atoms with van der Waals surface area (Å²) in [5, 5.41) is 0. The van der Waals surface area contributed by atoms with Crippen LogP contribution >= 0.6 is 0 Å². The van der Waals surface area contributed by atoms with Crippen molar-refractivity contribution in [3.8, 4) is 11.1 Å². The molecule has 1 atom stereocenters. The van der Waals surface area contributed by atoms with Crippen LogP contribution in [0.5, 0.6) is 0 Å². The van der Waals surface area contributed by atoms with E-state index in [2.05, 4.69) is 6.92 Å². The van der Waals surface area contributed by atoms with E-state index in [0.29, 0.717) is 37.0 Å². The Labute approximate surface area is 181 Å². The lowest BCUT2D eigenvalue weighted by Crippen LogP contribution is -2.15. The first-order valence-electron chi connectivity index (χ1n) is 11.3. The van der Waals surface area contributed by atoms with Crippen LogP contribution in [0.25, 0.3) is 11.1 Å². The van der Waals surface area contributed by atoms with E-state index in [1.54, 1.807) is 12.1 Å². The van der Waals surface area contributed by atoms with Gasteiger partial charge in [-0.1, -0.05) is 45.2 Å². The highest BCUT2D eigenvalue weighted by Gasteiger charge is 2.33. The number of hydrogen-bond acceptors (Lipinski definition) is 1. The van der Waals surface area contributed by atoms with Crippen molar-refractivity contribution in [2.45, 2.75) is 71.1 Å². The first kappa shape index (κ1) is 21.9. The molecule has 1 unspecified atom stereocenters. The predicted octanol–water partition coefficient (Wildman–Crippen LogP) is 7.73. The highest BCUT2D eigenvalue weighted by molar-refractivity contribution is 5.79. The second-order valence-corrected chi connectivity index (χ2v) is 8.62. The lowest BCUT2D eigenvalue weighted by molar-refractivity contribution is 0.163. The van der Waals surface area contributed by atoms with E-state index < -0.39 is 23.3 Å². The minimum atomic E-state index is -1.09. The van der Waals surface area contributed by atoms with Crippen LogP contribution in [-0.4, -0.2) is 6.61 Å². The summed E-state index contributed by atoms with van der Waals surface area (Å²) < 4.78 is 65.3. The van der Waals surface area contributed by atoms with Gasteiger partial charge in [-0.3, -0.25) is 0 Å². The van der Waals surface area contributed by atoms with E-state index in [1.807, 2.05) is 13.0 Å². The van der Waals surface area contributed by atoms with Gasteiger partial charge >= 0.3 is 0 Å². The summed E-state index contributed by atoms with van der Waals surface area (Å²) in [4.78, 5) is 0. The van der Waals surface area contributed by atoms with Crippen LogP contribution in [0.15, 0.2) is 24.0 Å². The van der Waals surface area contributed by atoms with Crippen LogP contribution < -0.4 is 0 Å². The van der Waals surface area contributed by atoms with E-state index in [1.165, 1.54) is 0 Å². The van der Waals surface area contributed by atoms with Crippen LogP contribution in [0.1, 0.15) is 80.5 Å². The quantitative estimate of drug-likeness (QED) is 0.274. The molecule has 1 aliphatic heterocycles. The monoisotopic (exact) mass is 432 g/mol. The maximum atomic E-state index is 15.1. The summed E-state index contributed by atoms with van der Waals surface area (Å²) in [6, 6.07) is 3.22. The zero-order valence-corrected chi connectivity index (χ0v) is 18.1. The fraction of sp³-hybridized carbons (Fsp3) is 0.462. The van der Waals surface area contributed by atoms with Gasteiger partial charge < -0.3 is 4.74 Å². The molecule has 0 amide bonds. The predicted molar refractivity (Wildman–Crippen MR) is 114 cm³/mol. The maximum Gasteiger partial charge on any atom is 0.167 e. The molecule has 0 bridgehead atoms. The number of ether oxygens (including phenoxy) is 1. The van der Waals surface area contributed by atoms with Crippen molar-refractivity contribution in [1.29, 1.82) is 0 Å². The Balaban J connectivity index is 1.65. The molecule has 0 radical (unpaired) electrons. The Bertz CT molecular complexity index is 1030. The van der Waals surface area contributed by atoms with Gasteiger partial charge in [-0.05, 0) is 54.0 Å².